The van der Waals surface area contributed by atoms with Crippen molar-refractivity contribution >= 4 is 40.6 Å². The maximum atomic E-state index is 13.0. The molecule has 29 heavy (non-hydrogen) atoms. The van der Waals surface area contributed by atoms with E-state index >= 15 is 0 Å². The van der Waals surface area contributed by atoms with Crippen LogP contribution >= 0.6 is 30.5 Å². The minimum absolute atomic E-state index is 0. The molecular weight excluding hydrogens is 457 g/mol. The lowest BCUT2D eigenvalue weighted by atomic mass is 10.1. The Labute approximate surface area is 177 Å². The number of hydrogen-bond acceptors (Lipinski definition) is 7. The summed E-state index contributed by atoms with van der Waals surface area (Å²) in [4.78, 5) is 14.4. The first-order valence-electron chi connectivity index (χ1n) is 8.00. The van der Waals surface area contributed by atoms with Crippen molar-refractivity contribution in [2.75, 3.05) is 0 Å². The van der Waals surface area contributed by atoms with Gasteiger partial charge in [-0.15, -0.1) is 11.3 Å². The van der Waals surface area contributed by atoms with Crippen LogP contribution in [0.3, 0.4) is 0 Å². The van der Waals surface area contributed by atoms with Gasteiger partial charge in [-0.3, -0.25) is 0 Å². The highest BCUT2D eigenvalue weighted by atomic mass is 35.5. The third-order valence-corrected chi connectivity index (χ3v) is 8.56. The fourth-order valence-electron chi connectivity index (χ4n) is 2.36. The molecule has 8 nitrogen and oxygen atoms in total. The second-order valence-electron chi connectivity index (χ2n) is 5.71. The van der Waals surface area contributed by atoms with Gasteiger partial charge in [0.1, 0.15) is 9.99 Å². The zero-order valence-electron chi connectivity index (χ0n) is 15.0. The van der Waals surface area contributed by atoms with Crippen LogP contribution in [-0.4, -0.2) is 24.1 Å². The summed E-state index contributed by atoms with van der Waals surface area (Å²) in [6.45, 7) is 0. The van der Waals surface area contributed by atoms with Crippen LogP contribution in [0.25, 0.3) is 0 Å². The number of pyridine rings is 1. The Kier molecular flexibility index (Phi) is 7.95. The molecule has 0 aliphatic heterocycles. The first-order valence-corrected chi connectivity index (χ1v) is 12.4. The van der Waals surface area contributed by atoms with Crippen LogP contribution in [-0.2, 0) is 21.0 Å². The summed E-state index contributed by atoms with van der Waals surface area (Å²) < 4.78 is 45.8. The number of sulfonamides is 1. The minimum atomic E-state index is -4.53. The molecule has 0 aliphatic carbocycles. The highest BCUT2D eigenvalue weighted by molar-refractivity contribution is 7.91. The van der Waals surface area contributed by atoms with Crippen LogP contribution in [0.2, 0.25) is 5.15 Å². The molecule has 2 atom stereocenters. The van der Waals surface area contributed by atoms with Crippen LogP contribution < -0.4 is 15.4 Å². The molecule has 12 heteroatoms. The lowest BCUT2D eigenvalue weighted by Gasteiger charge is -2.24. The number of nitrogens with zero attached hydrogens (tertiary/aromatic N) is 1. The van der Waals surface area contributed by atoms with Crippen molar-refractivity contribution in [1.82, 2.24) is 15.9 Å². The summed E-state index contributed by atoms with van der Waals surface area (Å²) in [6, 6.07) is 14.6. The van der Waals surface area contributed by atoms with E-state index in [1.807, 2.05) is 0 Å². The van der Waals surface area contributed by atoms with E-state index in [0.717, 1.165) is 11.3 Å². The summed E-state index contributed by atoms with van der Waals surface area (Å²) in [7, 11) is -8.54. The van der Waals surface area contributed by atoms with Gasteiger partial charge in [0.25, 0.3) is 10.0 Å². The number of thiophene rings is 1. The molecule has 3 rings (SSSR count). The Bertz CT molecular complexity index is 1080. The molecule has 2 aromatic heterocycles. The summed E-state index contributed by atoms with van der Waals surface area (Å²) in [6.07, 6.45) is 1.34. The summed E-state index contributed by atoms with van der Waals surface area (Å²) in [5.41, 5.74) is 0.663. The summed E-state index contributed by atoms with van der Waals surface area (Å²) in [5.74, 6) is -1.54. The molecule has 2 unspecified atom stereocenters. The molecule has 1 aromatic carbocycles. The van der Waals surface area contributed by atoms with Crippen molar-refractivity contribution in [3.8, 4) is 5.75 Å². The molecule has 5 N–H and O–H groups in total. The first kappa shape index (κ1) is 23.5. The molecule has 0 radical (unpaired) electrons. The Hall–Kier alpha value is -1.78. The second-order valence-corrected chi connectivity index (χ2v) is 10.9. The Morgan fingerprint density at radius 3 is 2.52 bits per heavy atom. The van der Waals surface area contributed by atoms with Gasteiger partial charge in [0.05, 0.1) is 0 Å². The fourth-order valence-corrected chi connectivity index (χ4v) is 6.60. The number of hydrogen-bond donors (Lipinski definition) is 3. The van der Waals surface area contributed by atoms with E-state index in [-0.39, 0.29) is 27.7 Å². The molecule has 3 aromatic rings. The van der Waals surface area contributed by atoms with Gasteiger partial charge in [0, 0.05) is 12.6 Å². The zero-order valence-corrected chi connectivity index (χ0v) is 18.3. The van der Waals surface area contributed by atoms with Crippen molar-refractivity contribution in [3.63, 3.8) is 0 Å². The molecule has 0 fully saturated rings. The molecule has 0 amide bonds. The lowest BCUT2D eigenvalue weighted by Crippen LogP contribution is -2.37. The van der Waals surface area contributed by atoms with E-state index in [2.05, 4.69) is 9.71 Å². The van der Waals surface area contributed by atoms with E-state index in [1.54, 1.807) is 41.8 Å². The van der Waals surface area contributed by atoms with Gasteiger partial charge in [-0.1, -0.05) is 48.0 Å². The second kappa shape index (κ2) is 9.82. The van der Waals surface area contributed by atoms with Crippen molar-refractivity contribution in [3.05, 3.63) is 76.9 Å². The van der Waals surface area contributed by atoms with Crippen LogP contribution in [0.15, 0.2) is 70.4 Å². The lowest BCUT2D eigenvalue weighted by molar-refractivity contribution is 0.359. The molecular formula is C17H19ClN3O5PS2. The van der Waals surface area contributed by atoms with Gasteiger partial charge in [-0.2, -0.15) is 4.72 Å². The Morgan fingerprint density at radius 1 is 1.17 bits per heavy atom. The van der Waals surface area contributed by atoms with Crippen LogP contribution in [0.5, 0.6) is 5.75 Å². The van der Waals surface area contributed by atoms with Gasteiger partial charge in [-0.05, 0) is 29.1 Å². The molecule has 156 valence electrons. The molecule has 0 saturated heterocycles. The molecule has 0 aliphatic rings. The maximum absolute atomic E-state index is 13.0. The van der Waals surface area contributed by atoms with Crippen molar-refractivity contribution in [2.24, 2.45) is 0 Å². The number of rotatable bonds is 8. The topological polar surface area (TPSA) is 141 Å². The third kappa shape index (κ3) is 6.10. The normalized spacial score (nSPS) is 14.4. The number of nitrogens with one attached hydrogen (secondary N) is 1. The number of benzene rings is 1. The van der Waals surface area contributed by atoms with Gasteiger partial charge in [-0.25, -0.2) is 18.0 Å². The average Bonchev–Trinajstić information content (AvgIpc) is 3.19. The van der Waals surface area contributed by atoms with Crippen LogP contribution in [0.1, 0.15) is 5.56 Å². The fraction of sp³-hybridized carbons (Fsp3) is 0.118. The van der Waals surface area contributed by atoms with Gasteiger partial charge < -0.3 is 15.6 Å². The predicted octanol–water partition coefficient (Wildman–Crippen LogP) is 4.07. The van der Waals surface area contributed by atoms with Crippen molar-refractivity contribution in [1.29, 1.82) is 0 Å². The smallest absolute Gasteiger partial charge is 0.394 e. The molecule has 2 heterocycles. The summed E-state index contributed by atoms with van der Waals surface area (Å²) in [5, 5.41) is 1.50. The van der Waals surface area contributed by atoms with Gasteiger partial charge in [0.15, 0.2) is 10.9 Å². The van der Waals surface area contributed by atoms with Crippen molar-refractivity contribution < 1.29 is 22.4 Å². The largest absolute Gasteiger partial charge is 0.420 e. The molecule has 0 bridgehead atoms. The van der Waals surface area contributed by atoms with E-state index in [4.69, 9.17) is 16.1 Å². The SMILES string of the molecule is N.O=P(O)(Oc1cccnc1Cl)C(Cc1ccccc1)NS(=O)(=O)c1cccs1. The maximum Gasteiger partial charge on any atom is 0.394 e. The van der Waals surface area contributed by atoms with Gasteiger partial charge in [0.2, 0.25) is 0 Å². The van der Waals surface area contributed by atoms with E-state index in [0.29, 0.717) is 5.56 Å². The third-order valence-electron chi connectivity index (χ3n) is 3.67. The highest BCUT2D eigenvalue weighted by Gasteiger charge is 2.38. The monoisotopic (exact) mass is 475 g/mol. The first-order chi connectivity index (χ1) is 13.3. The predicted molar refractivity (Wildman–Crippen MR) is 113 cm³/mol. The zero-order chi connectivity index (χ0) is 20.2. The highest BCUT2D eigenvalue weighted by Crippen LogP contribution is 2.49. The quantitative estimate of drug-likeness (QED) is 0.329. The van der Waals surface area contributed by atoms with Crippen LogP contribution in [0, 0.1) is 0 Å². The van der Waals surface area contributed by atoms with Gasteiger partial charge >= 0.3 is 7.60 Å². The Morgan fingerprint density at radius 2 is 1.90 bits per heavy atom. The molecule has 0 saturated carbocycles. The van der Waals surface area contributed by atoms with E-state index < -0.39 is 23.4 Å². The number of aromatic nitrogens is 1. The Balaban J connectivity index is 0.00000300. The van der Waals surface area contributed by atoms with Crippen LogP contribution in [0.4, 0.5) is 0 Å². The molecule has 0 spiro atoms. The minimum Gasteiger partial charge on any atom is -0.420 e. The summed E-state index contributed by atoms with van der Waals surface area (Å²) >= 11 is 6.91. The van der Waals surface area contributed by atoms with E-state index in [9.17, 15) is 17.9 Å². The average molecular weight is 476 g/mol. The van der Waals surface area contributed by atoms with E-state index in [1.165, 1.54) is 24.4 Å². The standard InChI is InChI=1S/C17H16ClN2O5PS2.H3N/c18-17-14(8-4-10-19-17)25-26(21,22)15(12-13-6-2-1-3-7-13)20-28(23,24)16-9-5-11-27-16;/h1-11,15,20H,12H2,(H,21,22);1H3. The number of halogens is 1. The van der Waals surface area contributed by atoms with Crippen molar-refractivity contribution in [2.45, 2.75) is 16.4 Å².